The zero-order chi connectivity index (χ0) is 67.3. The molecule has 93 heavy (non-hydrogen) atoms. The van der Waals surface area contributed by atoms with Gasteiger partial charge in [0.2, 0.25) is 5.91 Å². The SMILES string of the molecule is CC/C=C\C/C=C\C/C=C\C/C=C\C/C=C\C/C=C\C/C=C\CCCCCCCCCCCCCCCC(=O)NC(COC1OC(CO)C(OC2OC(CO)C(O)C(O)C2O)C(O)C1O)C(O)/C=C/CC/C=C/CC/C=C/CCCCCCCCCCCCCCCC. The van der Waals surface area contributed by atoms with Crippen molar-refractivity contribution >= 4 is 5.91 Å². The number of nitrogens with one attached hydrogen (secondary N) is 1. The molecule has 0 bridgehead atoms. The molecule has 1 amide bonds. The highest BCUT2D eigenvalue weighted by molar-refractivity contribution is 5.76. The van der Waals surface area contributed by atoms with Crippen LogP contribution in [-0.2, 0) is 23.7 Å². The molecule has 534 valence electrons. The Hall–Kier alpha value is -3.61. The van der Waals surface area contributed by atoms with E-state index in [4.69, 9.17) is 18.9 Å². The Morgan fingerprint density at radius 2 is 0.753 bits per heavy atom. The van der Waals surface area contributed by atoms with Crippen LogP contribution in [0.25, 0.3) is 0 Å². The molecule has 2 aliphatic heterocycles. The maximum absolute atomic E-state index is 13.4. The fourth-order valence-corrected chi connectivity index (χ4v) is 11.5. The number of unbranched alkanes of at least 4 members (excludes halogenated alkanes) is 29. The van der Waals surface area contributed by atoms with Crippen molar-refractivity contribution in [1.29, 1.82) is 0 Å². The van der Waals surface area contributed by atoms with Gasteiger partial charge in [0.15, 0.2) is 12.6 Å². The number of aliphatic hydroxyl groups excluding tert-OH is 8. The number of amides is 1. The fraction of sp³-hybridized carbons (Fsp3) is 0.734. The third-order valence-corrected chi connectivity index (χ3v) is 17.4. The molecule has 9 N–H and O–H groups in total. The van der Waals surface area contributed by atoms with Crippen molar-refractivity contribution < 1.29 is 64.6 Å². The second-order valence-electron chi connectivity index (χ2n) is 25.7. The van der Waals surface area contributed by atoms with Crippen LogP contribution in [0.3, 0.4) is 0 Å². The predicted molar refractivity (Wildman–Crippen MR) is 382 cm³/mol. The fourth-order valence-electron chi connectivity index (χ4n) is 11.5. The van der Waals surface area contributed by atoms with Gasteiger partial charge in [-0.05, 0) is 103 Å². The van der Waals surface area contributed by atoms with Crippen LogP contribution in [0.5, 0.6) is 0 Å². The number of hydrogen-bond acceptors (Lipinski definition) is 13. The van der Waals surface area contributed by atoms with Crippen molar-refractivity contribution in [3.63, 3.8) is 0 Å². The summed E-state index contributed by atoms with van der Waals surface area (Å²) in [5.41, 5.74) is 0. The molecule has 0 aromatic heterocycles. The maximum Gasteiger partial charge on any atom is 0.220 e. The van der Waals surface area contributed by atoms with Gasteiger partial charge in [-0.3, -0.25) is 4.79 Å². The van der Waals surface area contributed by atoms with Crippen molar-refractivity contribution in [2.24, 2.45) is 0 Å². The molecule has 12 atom stereocenters. The van der Waals surface area contributed by atoms with E-state index in [-0.39, 0.29) is 18.9 Å². The molecule has 2 aliphatic rings. The van der Waals surface area contributed by atoms with Gasteiger partial charge in [-0.2, -0.15) is 0 Å². The summed E-state index contributed by atoms with van der Waals surface area (Å²) >= 11 is 0. The van der Waals surface area contributed by atoms with E-state index in [1.165, 1.54) is 148 Å². The van der Waals surface area contributed by atoms with Gasteiger partial charge < -0.3 is 65.1 Å². The summed E-state index contributed by atoms with van der Waals surface area (Å²) in [4.78, 5) is 13.4. The molecule has 14 nitrogen and oxygen atoms in total. The van der Waals surface area contributed by atoms with Gasteiger partial charge in [0.1, 0.15) is 48.8 Å². The Balaban J connectivity index is 1.67. The molecule has 0 aromatic carbocycles. The van der Waals surface area contributed by atoms with E-state index in [1.807, 2.05) is 6.08 Å². The number of ether oxygens (including phenoxy) is 4. The van der Waals surface area contributed by atoms with E-state index in [2.05, 4.69) is 129 Å². The smallest absolute Gasteiger partial charge is 0.220 e. The van der Waals surface area contributed by atoms with Gasteiger partial charge >= 0.3 is 0 Å². The number of carbonyl (C=O) groups excluding carboxylic acids is 1. The second-order valence-corrected chi connectivity index (χ2v) is 25.7. The predicted octanol–water partition coefficient (Wildman–Crippen LogP) is 16.1. The Morgan fingerprint density at radius 3 is 1.18 bits per heavy atom. The lowest BCUT2D eigenvalue weighted by molar-refractivity contribution is -0.359. The molecular formula is C79H135NO13. The highest BCUT2D eigenvalue weighted by atomic mass is 16.7. The van der Waals surface area contributed by atoms with Gasteiger partial charge in [-0.15, -0.1) is 0 Å². The average Bonchev–Trinajstić information content (AvgIpc) is 0.854. The lowest BCUT2D eigenvalue weighted by Gasteiger charge is -2.46. The molecule has 0 radical (unpaired) electrons. The average molecular weight is 1310 g/mol. The largest absolute Gasteiger partial charge is 0.394 e. The number of rotatable bonds is 60. The zero-order valence-corrected chi connectivity index (χ0v) is 58.2. The van der Waals surface area contributed by atoms with Crippen LogP contribution in [-0.4, -0.2) is 140 Å². The van der Waals surface area contributed by atoms with Gasteiger partial charge in [-0.1, -0.05) is 289 Å². The summed E-state index contributed by atoms with van der Waals surface area (Å²) < 4.78 is 22.9. The first-order chi connectivity index (χ1) is 45.6. The monoisotopic (exact) mass is 1310 g/mol. The van der Waals surface area contributed by atoms with Crippen molar-refractivity contribution in [1.82, 2.24) is 5.32 Å². The van der Waals surface area contributed by atoms with Crippen molar-refractivity contribution in [3.8, 4) is 0 Å². The molecule has 2 heterocycles. The normalized spacial score (nSPS) is 23.3. The van der Waals surface area contributed by atoms with E-state index in [9.17, 15) is 45.6 Å². The molecular weight excluding hydrogens is 1170 g/mol. The van der Waals surface area contributed by atoms with Gasteiger partial charge in [0.05, 0.1) is 32.0 Å². The van der Waals surface area contributed by atoms with Gasteiger partial charge in [0.25, 0.3) is 0 Å². The van der Waals surface area contributed by atoms with E-state index in [0.717, 1.165) is 96.3 Å². The molecule has 14 heteroatoms. The maximum atomic E-state index is 13.4. The lowest BCUT2D eigenvalue weighted by Crippen LogP contribution is -2.65. The Bertz CT molecular complexity index is 2030. The summed E-state index contributed by atoms with van der Waals surface area (Å²) in [5, 5.41) is 87.5. The molecule has 2 fully saturated rings. The first kappa shape index (κ1) is 85.5. The number of allylic oxidation sites excluding steroid dienone is 19. The molecule has 0 saturated carbocycles. The summed E-state index contributed by atoms with van der Waals surface area (Å²) in [7, 11) is 0. The molecule has 0 aliphatic carbocycles. The highest BCUT2D eigenvalue weighted by Gasteiger charge is 2.51. The van der Waals surface area contributed by atoms with Crippen LogP contribution >= 0.6 is 0 Å². The Morgan fingerprint density at radius 1 is 0.398 bits per heavy atom. The topological polar surface area (TPSA) is 228 Å². The molecule has 2 saturated heterocycles. The van der Waals surface area contributed by atoms with Crippen LogP contribution in [0.4, 0.5) is 0 Å². The number of aliphatic hydroxyl groups is 8. The van der Waals surface area contributed by atoms with Crippen LogP contribution in [0.2, 0.25) is 0 Å². The van der Waals surface area contributed by atoms with Crippen LogP contribution < -0.4 is 5.32 Å². The molecule has 12 unspecified atom stereocenters. The summed E-state index contributed by atoms with van der Waals surface area (Å²) in [6, 6.07) is -0.948. The summed E-state index contributed by atoms with van der Waals surface area (Å²) in [6.07, 6.45) is 74.0. The first-order valence-electron chi connectivity index (χ1n) is 37.3. The molecule has 0 spiro atoms. The highest BCUT2D eigenvalue weighted by Crippen LogP contribution is 2.30. The van der Waals surface area contributed by atoms with E-state index >= 15 is 0 Å². The molecule has 0 aromatic rings. The quantitative estimate of drug-likeness (QED) is 0.0204. The van der Waals surface area contributed by atoms with E-state index in [1.54, 1.807) is 6.08 Å². The number of carbonyl (C=O) groups is 1. The summed E-state index contributed by atoms with van der Waals surface area (Å²) in [5.74, 6) is -0.257. The van der Waals surface area contributed by atoms with Crippen molar-refractivity contribution in [3.05, 3.63) is 122 Å². The Labute approximate surface area is 565 Å². The zero-order valence-electron chi connectivity index (χ0n) is 58.2. The minimum absolute atomic E-state index is 0.257. The Kier molecular flexibility index (Phi) is 56.9. The van der Waals surface area contributed by atoms with E-state index in [0.29, 0.717) is 12.8 Å². The van der Waals surface area contributed by atoms with Gasteiger partial charge in [0, 0.05) is 6.42 Å². The minimum atomic E-state index is -1.80. The van der Waals surface area contributed by atoms with Crippen LogP contribution in [0.1, 0.15) is 277 Å². The van der Waals surface area contributed by atoms with Crippen molar-refractivity contribution in [2.45, 2.75) is 351 Å². The number of hydrogen-bond donors (Lipinski definition) is 9. The lowest BCUT2D eigenvalue weighted by atomic mass is 9.97. The standard InChI is InChI=1S/C79H135NO13/c1-3-5-7-9-11-13-15-17-19-21-23-25-27-29-30-31-32-33-34-35-36-37-38-39-41-43-45-47-49-51-53-55-57-59-61-63-71(84)80-67(66-90-78-76(89)74(87)77(70(65-82)92-78)93-79-75(88)73(86)72(85)69(64-81)91-79)68(83)62-60-58-56-54-52-50-48-46-44-42-40-28-26-24-22-20-18-16-14-12-10-8-6-4-2/h5,7,11,13,17,19,23,25,29-30,32-33,35-36,44,46,52,54,60,62,67-70,72-79,81-83,85-89H,3-4,6,8-10,12,14-16,18,20-22,24,26-28,31,34,37-43,45,47-51,53,55-59,61,63-66H2,1-2H3,(H,80,84)/b7-5-,13-11-,19-17-,25-23-,30-29-,33-32-,36-35-,46-44+,54-52+,62-60+. The first-order valence-corrected chi connectivity index (χ1v) is 37.3. The summed E-state index contributed by atoms with van der Waals surface area (Å²) in [6.45, 7) is 2.68. The third-order valence-electron chi connectivity index (χ3n) is 17.4. The second kappa shape index (κ2) is 61.9. The van der Waals surface area contributed by atoms with E-state index < -0.39 is 86.8 Å². The minimum Gasteiger partial charge on any atom is -0.394 e. The third kappa shape index (κ3) is 45.5. The van der Waals surface area contributed by atoms with Crippen molar-refractivity contribution in [2.75, 3.05) is 19.8 Å². The van der Waals surface area contributed by atoms with Gasteiger partial charge in [-0.25, -0.2) is 0 Å². The molecule has 2 rings (SSSR count). The van der Waals surface area contributed by atoms with Crippen LogP contribution in [0, 0.1) is 0 Å². The van der Waals surface area contributed by atoms with Crippen LogP contribution in [0.15, 0.2) is 122 Å².